The number of benzene rings is 1. The van der Waals surface area contributed by atoms with Crippen LogP contribution in [0.25, 0.3) is 0 Å². The van der Waals surface area contributed by atoms with Crippen LogP contribution in [0.5, 0.6) is 0 Å². The molecule has 0 heterocycles. The van der Waals surface area contributed by atoms with Crippen LogP contribution in [0.3, 0.4) is 0 Å². The molecule has 0 aromatic heterocycles. The second-order valence-corrected chi connectivity index (χ2v) is 4.31. The number of hydrogen-bond acceptors (Lipinski definition) is 3. The number of thioether (sulfide) groups is 1. The zero-order valence-corrected chi connectivity index (χ0v) is 9.48. The Kier molecular flexibility index (Phi) is 4.65. The Bertz CT molecular complexity index is 381. The van der Waals surface area contributed by atoms with Crippen LogP contribution in [0.15, 0.2) is 24.3 Å². The Balaban J connectivity index is 2.50. The van der Waals surface area contributed by atoms with Gasteiger partial charge in [0.15, 0.2) is 5.78 Å². The first-order chi connectivity index (χ1) is 7.09. The van der Waals surface area contributed by atoms with E-state index in [0.717, 1.165) is 0 Å². The summed E-state index contributed by atoms with van der Waals surface area (Å²) in [6, 6.07) is 6.72. The summed E-state index contributed by atoms with van der Waals surface area (Å²) in [5.74, 6) is -0.0714. The lowest BCUT2D eigenvalue weighted by atomic mass is 10.1. The topological polar surface area (TPSA) is 60.2 Å². The molecule has 15 heavy (non-hydrogen) atoms. The summed E-state index contributed by atoms with van der Waals surface area (Å²) in [7, 11) is 0. The molecule has 1 rings (SSSR count). The molecule has 0 atom stereocenters. The number of Topliss-reactive ketones (excluding diaryl/α,β-unsaturated/α-hetero) is 1. The van der Waals surface area contributed by atoms with Gasteiger partial charge in [0.25, 0.3) is 0 Å². The second kappa shape index (κ2) is 5.78. The zero-order chi connectivity index (χ0) is 11.3. The van der Waals surface area contributed by atoms with Crippen LogP contribution in [-0.4, -0.2) is 23.2 Å². The van der Waals surface area contributed by atoms with Gasteiger partial charge in [0, 0.05) is 10.6 Å². The van der Waals surface area contributed by atoms with Gasteiger partial charge in [-0.1, -0.05) is 23.7 Å². The van der Waals surface area contributed by atoms with E-state index in [2.05, 4.69) is 0 Å². The van der Waals surface area contributed by atoms with Crippen molar-refractivity contribution < 1.29 is 9.59 Å². The fourth-order valence-corrected chi connectivity index (χ4v) is 1.84. The highest BCUT2D eigenvalue weighted by molar-refractivity contribution is 8.00. The van der Waals surface area contributed by atoms with Gasteiger partial charge in [-0.05, 0) is 12.1 Å². The Morgan fingerprint density at radius 1 is 1.33 bits per heavy atom. The minimum Gasteiger partial charge on any atom is -0.369 e. The number of halogens is 1. The highest BCUT2D eigenvalue weighted by atomic mass is 35.5. The molecule has 0 aliphatic heterocycles. The third kappa shape index (κ3) is 4.36. The van der Waals surface area contributed by atoms with E-state index in [1.807, 2.05) is 0 Å². The molecule has 0 saturated carbocycles. The lowest BCUT2D eigenvalue weighted by Gasteiger charge is -2.00. The van der Waals surface area contributed by atoms with Gasteiger partial charge in [-0.15, -0.1) is 11.8 Å². The molecule has 3 nitrogen and oxygen atoms in total. The summed E-state index contributed by atoms with van der Waals surface area (Å²) in [5, 5.41) is 0.528. The first kappa shape index (κ1) is 12.1. The molecular formula is C10H10ClNO2S. The van der Waals surface area contributed by atoms with E-state index in [0.29, 0.717) is 10.6 Å². The number of carbonyl (C=O) groups excluding carboxylic acids is 2. The predicted molar refractivity (Wildman–Crippen MR) is 62.3 cm³/mol. The van der Waals surface area contributed by atoms with E-state index >= 15 is 0 Å². The average Bonchev–Trinajstić information content (AvgIpc) is 2.17. The molecule has 0 bridgehead atoms. The largest absolute Gasteiger partial charge is 0.369 e. The van der Waals surface area contributed by atoms with Gasteiger partial charge in [0.05, 0.1) is 11.5 Å². The van der Waals surface area contributed by atoms with Crippen molar-refractivity contribution in [2.24, 2.45) is 5.73 Å². The van der Waals surface area contributed by atoms with Gasteiger partial charge in [-0.25, -0.2) is 0 Å². The van der Waals surface area contributed by atoms with Gasteiger partial charge in [0.1, 0.15) is 0 Å². The number of primary amides is 1. The third-order valence-electron chi connectivity index (χ3n) is 1.62. The van der Waals surface area contributed by atoms with Crippen molar-refractivity contribution in [3.05, 3.63) is 34.9 Å². The molecule has 1 amide bonds. The monoisotopic (exact) mass is 243 g/mol. The number of nitrogens with two attached hydrogens (primary N) is 1. The third-order valence-corrected chi connectivity index (χ3v) is 2.81. The number of amides is 1. The molecule has 0 aliphatic rings. The Morgan fingerprint density at radius 2 is 2.07 bits per heavy atom. The fraction of sp³-hybridized carbons (Fsp3) is 0.200. The molecule has 1 aromatic carbocycles. The van der Waals surface area contributed by atoms with Crippen LogP contribution < -0.4 is 5.73 Å². The molecule has 5 heteroatoms. The molecular weight excluding hydrogens is 234 g/mol. The van der Waals surface area contributed by atoms with E-state index in [1.165, 1.54) is 11.8 Å². The van der Waals surface area contributed by atoms with Crippen molar-refractivity contribution in [1.29, 1.82) is 0 Å². The molecule has 0 unspecified atom stereocenters. The average molecular weight is 244 g/mol. The van der Waals surface area contributed by atoms with E-state index in [1.54, 1.807) is 24.3 Å². The summed E-state index contributed by atoms with van der Waals surface area (Å²) >= 11 is 6.94. The predicted octanol–water partition coefficient (Wildman–Crippen LogP) is 1.74. The van der Waals surface area contributed by atoms with E-state index < -0.39 is 5.91 Å². The van der Waals surface area contributed by atoms with Crippen LogP contribution in [0.2, 0.25) is 5.02 Å². The molecule has 0 saturated heterocycles. The molecule has 2 N–H and O–H groups in total. The van der Waals surface area contributed by atoms with Crippen molar-refractivity contribution in [2.75, 3.05) is 11.5 Å². The Morgan fingerprint density at radius 3 is 2.67 bits per heavy atom. The minimum atomic E-state index is -0.418. The molecule has 0 aliphatic carbocycles. The summed E-state index contributed by atoms with van der Waals surface area (Å²) in [6.07, 6.45) is 0. The first-order valence-corrected chi connectivity index (χ1v) is 5.77. The van der Waals surface area contributed by atoms with E-state index in [9.17, 15) is 9.59 Å². The van der Waals surface area contributed by atoms with Crippen molar-refractivity contribution in [3.8, 4) is 0 Å². The van der Waals surface area contributed by atoms with Gasteiger partial charge >= 0.3 is 0 Å². The highest BCUT2D eigenvalue weighted by Gasteiger charge is 2.06. The smallest absolute Gasteiger partial charge is 0.227 e. The van der Waals surface area contributed by atoms with E-state index in [4.69, 9.17) is 17.3 Å². The van der Waals surface area contributed by atoms with Crippen molar-refractivity contribution >= 4 is 35.1 Å². The van der Waals surface area contributed by atoms with Crippen LogP contribution >= 0.6 is 23.4 Å². The van der Waals surface area contributed by atoms with Crippen LogP contribution in [0, 0.1) is 0 Å². The van der Waals surface area contributed by atoms with E-state index in [-0.39, 0.29) is 17.3 Å². The molecule has 0 radical (unpaired) electrons. The van der Waals surface area contributed by atoms with Crippen LogP contribution in [-0.2, 0) is 4.79 Å². The highest BCUT2D eigenvalue weighted by Crippen LogP contribution is 2.13. The number of hydrogen-bond donors (Lipinski definition) is 1. The standard InChI is InChI=1S/C10H10ClNO2S/c11-8-3-1-2-7(4-8)9(13)5-15-6-10(12)14/h1-4H,5-6H2,(H2,12,14). The van der Waals surface area contributed by atoms with Crippen molar-refractivity contribution in [3.63, 3.8) is 0 Å². The second-order valence-electron chi connectivity index (χ2n) is 2.89. The lowest BCUT2D eigenvalue weighted by Crippen LogP contribution is -2.15. The number of ketones is 1. The normalized spacial score (nSPS) is 9.93. The molecule has 1 aromatic rings. The first-order valence-electron chi connectivity index (χ1n) is 4.24. The SMILES string of the molecule is NC(=O)CSCC(=O)c1cccc(Cl)c1. The van der Waals surface area contributed by atoms with Gasteiger partial charge in [0.2, 0.25) is 5.91 Å². The maximum absolute atomic E-state index is 11.5. The van der Waals surface area contributed by atoms with Gasteiger partial charge in [-0.3, -0.25) is 9.59 Å². The Labute approximate surface area is 97.0 Å². The van der Waals surface area contributed by atoms with Crippen LogP contribution in [0.4, 0.5) is 0 Å². The Hall–Kier alpha value is -1.00. The summed E-state index contributed by atoms with van der Waals surface area (Å²) in [4.78, 5) is 22.0. The quantitative estimate of drug-likeness (QED) is 0.802. The lowest BCUT2D eigenvalue weighted by molar-refractivity contribution is -0.115. The molecule has 80 valence electrons. The maximum Gasteiger partial charge on any atom is 0.227 e. The van der Waals surface area contributed by atoms with Crippen molar-refractivity contribution in [1.82, 2.24) is 0 Å². The van der Waals surface area contributed by atoms with Gasteiger partial charge < -0.3 is 5.73 Å². The maximum atomic E-state index is 11.5. The number of rotatable bonds is 5. The number of carbonyl (C=O) groups is 2. The minimum absolute atomic E-state index is 0.0521. The molecule has 0 fully saturated rings. The van der Waals surface area contributed by atoms with Gasteiger partial charge in [-0.2, -0.15) is 0 Å². The summed E-state index contributed by atoms with van der Waals surface area (Å²) in [5.41, 5.74) is 5.50. The zero-order valence-electron chi connectivity index (χ0n) is 7.90. The molecule has 0 spiro atoms. The van der Waals surface area contributed by atoms with Crippen LogP contribution in [0.1, 0.15) is 10.4 Å². The summed E-state index contributed by atoms with van der Waals surface area (Å²) in [6.45, 7) is 0. The van der Waals surface area contributed by atoms with Crippen molar-refractivity contribution in [2.45, 2.75) is 0 Å². The fourth-order valence-electron chi connectivity index (χ4n) is 0.990. The summed E-state index contributed by atoms with van der Waals surface area (Å²) < 4.78 is 0.